The summed E-state index contributed by atoms with van der Waals surface area (Å²) < 4.78 is 20.0. The molecule has 1 amide bonds. The van der Waals surface area contributed by atoms with Crippen molar-refractivity contribution in [1.82, 2.24) is 9.21 Å². The second kappa shape index (κ2) is 9.13. The summed E-state index contributed by atoms with van der Waals surface area (Å²) in [6.07, 6.45) is 0.893. The summed E-state index contributed by atoms with van der Waals surface area (Å²) in [4.78, 5) is 14.0. The molecule has 3 atom stereocenters. The molecular weight excluding hydrogens is 352 g/mol. The van der Waals surface area contributed by atoms with E-state index in [1.165, 1.54) is 0 Å². The summed E-state index contributed by atoms with van der Waals surface area (Å²) >= 11 is -1.19. The van der Waals surface area contributed by atoms with Gasteiger partial charge in [-0.05, 0) is 74.1 Å². The molecule has 1 saturated heterocycles. The molecule has 1 aliphatic rings. The van der Waals surface area contributed by atoms with Gasteiger partial charge in [-0.25, -0.2) is 4.79 Å². The van der Waals surface area contributed by atoms with Crippen molar-refractivity contribution in [2.45, 2.75) is 90.7 Å². The van der Waals surface area contributed by atoms with Crippen LogP contribution < -0.4 is 0 Å². The number of aliphatic hydroxyl groups excluding tert-OH is 1. The minimum Gasteiger partial charge on any atom is -0.597 e. The third kappa shape index (κ3) is 7.25. The fraction of sp³-hybridized carbons (Fsp3) is 0.947. The van der Waals surface area contributed by atoms with Crippen LogP contribution in [0.4, 0.5) is 4.79 Å². The van der Waals surface area contributed by atoms with Crippen LogP contribution in [0.1, 0.15) is 68.2 Å². The molecule has 1 heterocycles. The number of hydrogen-bond acceptors (Lipinski definition) is 5. The van der Waals surface area contributed by atoms with Crippen LogP contribution in [-0.4, -0.2) is 67.1 Å². The average molecular weight is 391 g/mol. The van der Waals surface area contributed by atoms with Crippen molar-refractivity contribution in [3.8, 4) is 0 Å². The summed E-state index contributed by atoms with van der Waals surface area (Å²) in [6, 6.07) is 0.0745. The Labute approximate surface area is 162 Å². The van der Waals surface area contributed by atoms with Crippen LogP contribution in [0.2, 0.25) is 0 Å². The van der Waals surface area contributed by atoms with E-state index in [0.29, 0.717) is 25.6 Å². The van der Waals surface area contributed by atoms with Crippen LogP contribution >= 0.6 is 0 Å². The molecule has 1 unspecified atom stereocenters. The molecule has 0 aliphatic carbocycles. The van der Waals surface area contributed by atoms with Crippen molar-refractivity contribution in [3.05, 3.63) is 0 Å². The largest absolute Gasteiger partial charge is 0.597 e. The lowest BCUT2D eigenvalue weighted by molar-refractivity contribution is 0.0151. The normalized spacial score (nSPS) is 20.8. The first-order valence-electron chi connectivity index (χ1n) is 9.57. The summed E-state index contributed by atoms with van der Waals surface area (Å²) in [5, 5.41) is 9.86. The van der Waals surface area contributed by atoms with E-state index in [9.17, 15) is 14.5 Å². The molecule has 0 aromatic carbocycles. The van der Waals surface area contributed by atoms with Crippen molar-refractivity contribution in [2.75, 3.05) is 19.6 Å². The Morgan fingerprint density at radius 2 is 1.73 bits per heavy atom. The summed E-state index contributed by atoms with van der Waals surface area (Å²) in [7, 11) is 0. The number of likely N-dealkylation sites (tertiary alicyclic amines) is 1. The van der Waals surface area contributed by atoms with Gasteiger partial charge < -0.3 is 19.3 Å². The van der Waals surface area contributed by atoms with E-state index in [-0.39, 0.29) is 16.9 Å². The first kappa shape index (κ1) is 23.5. The Morgan fingerprint density at radius 3 is 2.12 bits per heavy atom. The molecular formula is C19H38N2O4S. The molecule has 0 saturated carbocycles. The number of hydrogen-bond donors (Lipinski definition) is 1. The van der Waals surface area contributed by atoms with E-state index in [1.54, 1.807) is 11.8 Å². The van der Waals surface area contributed by atoms with E-state index in [0.717, 1.165) is 12.8 Å². The molecule has 0 spiro atoms. The summed E-state index contributed by atoms with van der Waals surface area (Å²) in [5.74, 6) is 0.332. The maximum atomic E-state index is 13.0. The number of rotatable bonds is 5. The Kier molecular flexibility index (Phi) is 8.26. The lowest BCUT2D eigenvalue weighted by Crippen LogP contribution is -2.53. The van der Waals surface area contributed by atoms with Crippen molar-refractivity contribution in [3.63, 3.8) is 0 Å². The Bertz CT molecular complexity index is 451. The lowest BCUT2D eigenvalue weighted by Gasteiger charge is -2.42. The molecule has 0 aromatic rings. The van der Waals surface area contributed by atoms with Gasteiger partial charge in [-0.2, -0.15) is 0 Å². The Balaban J connectivity index is 2.72. The molecule has 0 aromatic heterocycles. The zero-order valence-corrected chi connectivity index (χ0v) is 18.6. The number of aliphatic hydroxyl groups is 1. The number of carbonyl (C=O) groups excluding carboxylic acids is 1. The number of amides is 1. The third-order valence-corrected chi connectivity index (χ3v) is 6.46. The molecule has 1 N–H and O–H groups in total. The van der Waals surface area contributed by atoms with Crippen LogP contribution in [0.15, 0.2) is 0 Å². The molecule has 1 fully saturated rings. The van der Waals surface area contributed by atoms with Crippen LogP contribution in [0.25, 0.3) is 0 Å². The van der Waals surface area contributed by atoms with E-state index >= 15 is 0 Å². The molecule has 0 radical (unpaired) electrons. The van der Waals surface area contributed by atoms with E-state index in [4.69, 9.17) is 4.74 Å². The van der Waals surface area contributed by atoms with Crippen LogP contribution in [0, 0.1) is 5.92 Å². The van der Waals surface area contributed by atoms with Crippen LogP contribution in [-0.2, 0) is 16.1 Å². The summed E-state index contributed by atoms with van der Waals surface area (Å²) in [6.45, 7) is 17.0. The van der Waals surface area contributed by atoms with E-state index in [2.05, 4.69) is 6.92 Å². The van der Waals surface area contributed by atoms with E-state index in [1.807, 2.05) is 45.8 Å². The highest BCUT2D eigenvalue weighted by Crippen LogP contribution is 2.30. The molecule has 6 nitrogen and oxygen atoms in total. The highest BCUT2D eigenvalue weighted by atomic mass is 32.2. The van der Waals surface area contributed by atoms with Gasteiger partial charge in [0, 0.05) is 24.5 Å². The minimum absolute atomic E-state index is 0.0745. The molecule has 0 bridgehead atoms. The molecule has 1 rings (SSSR count). The second-order valence-corrected chi connectivity index (χ2v) is 11.5. The van der Waals surface area contributed by atoms with Gasteiger partial charge in [0.25, 0.3) is 0 Å². The zero-order chi connectivity index (χ0) is 20.3. The first-order valence-corrected chi connectivity index (χ1v) is 10.7. The van der Waals surface area contributed by atoms with Crippen LogP contribution in [0.5, 0.6) is 0 Å². The zero-order valence-electron chi connectivity index (χ0n) is 17.7. The highest BCUT2D eigenvalue weighted by molar-refractivity contribution is 7.90. The van der Waals surface area contributed by atoms with Gasteiger partial charge in [0.15, 0.2) is 0 Å². The topological polar surface area (TPSA) is 76.1 Å². The van der Waals surface area contributed by atoms with Gasteiger partial charge in [0.1, 0.15) is 10.3 Å². The first-order chi connectivity index (χ1) is 11.7. The second-order valence-electron chi connectivity index (χ2n) is 9.36. The van der Waals surface area contributed by atoms with Gasteiger partial charge >= 0.3 is 6.09 Å². The van der Waals surface area contributed by atoms with Crippen molar-refractivity contribution >= 4 is 17.5 Å². The smallest absolute Gasteiger partial charge is 0.410 e. The predicted molar refractivity (Wildman–Crippen MR) is 106 cm³/mol. The number of piperidine rings is 1. The Morgan fingerprint density at radius 1 is 1.23 bits per heavy atom. The quantitative estimate of drug-likeness (QED) is 0.730. The molecule has 26 heavy (non-hydrogen) atoms. The fourth-order valence-corrected chi connectivity index (χ4v) is 4.65. The maximum absolute atomic E-state index is 13.0. The van der Waals surface area contributed by atoms with Gasteiger partial charge in [-0.15, -0.1) is 4.31 Å². The standard InChI is InChI=1S/C19H38N2O4S/c1-14(22)13-21(26(24)19(6,7)8)15(2)16-9-11-20(12-10-16)17(23)25-18(3,4)5/h14-16,22H,9-13H2,1-8H3/t14-,15-,26?/m0/s1. The van der Waals surface area contributed by atoms with Crippen molar-refractivity contribution in [1.29, 1.82) is 0 Å². The average Bonchev–Trinajstić information content (AvgIpc) is 2.48. The minimum atomic E-state index is -1.19. The number of carbonyl (C=O) groups is 1. The SMILES string of the molecule is C[C@H](O)CN([C@@H](C)C1CCN(C(=O)OC(C)(C)C)CC1)[S+]([O-])C(C)(C)C. The number of ether oxygens (including phenoxy) is 1. The molecule has 7 heteroatoms. The molecule has 1 aliphatic heterocycles. The van der Waals surface area contributed by atoms with Crippen molar-refractivity contribution < 1.29 is 19.2 Å². The highest BCUT2D eigenvalue weighted by Gasteiger charge is 2.40. The summed E-state index contributed by atoms with van der Waals surface area (Å²) in [5.41, 5.74) is -0.487. The van der Waals surface area contributed by atoms with Gasteiger partial charge in [0.2, 0.25) is 0 Å². The van der Waals surface area contributed by atoms with E-state index < -0.39 is 23.1 Å². The Hall–Kier alpha value is -0.500. The van der Waals surface area contributed by atoms with Crippen molar-refractivity contribution in [2.24, 2.45) is 5.92 Å². The number of nitrogens with zero attached hydrogens (tertiary/aromatic N) is 2. The monoisotopic (exact) mass is 390 g/mol. The van der Waals surface area contributed by atoms with Crippen LogP contribution in [0.3, 0.4) is 0 Å². The predicted octanol–water partition coefficient (Wildman–Crippen LogP) is 3.17. The third-order valence-electron chi connectivity index (χ3n) is 4.51. The lowest BCUT2D eigenvalue weighted by atomic mass is 9.90. The van der Waals surface area contributed by atoms with Gasteiger partial charge in [-0.1, -0.05) is 0 Å². The van der Waals surface area contributed by atoms with Gasteiger partial charge in [0.05, 0.1) is 18.7 Å². The fourth-order valence-electron chi connectivity index (χ4n) is 3.12. The van der Waals surface area contributed by atoms with Gasteiger partial charge in [-0.3, -0.25) is 0 Å². The maximum Gasteiger partial charge on any atom is 0.410 e. The molecule has 154 valence electrons.